The fraction of sp³-hybridized carbons (Fsp3) is 0.140. The van der Waals surface area contributed by atoms with Crippen LogP contribution < -0.4 is 9.80 Å². The SMILES string of the molecule is CC(C)(C)c1ccc(C2(c3ccc(-n4c5ccc(C(C)(C)C)cc5c5cc(C(C)(C)C)ccc54)cc3)c3cc(N(c4ccccc4)c4cccc5ccccc45)c4c(oc5ccccc54)c3-c3c2cc(N(c2ccccc2)c2cccc4ccccc24)c2oc4ccccc4c32)cc1. The Morgan fingerprint density at radius 2 is 0.714 bits per heavy atom. The highest BCUT2D eigenvalue weighted by Crippen LogP contribution is 2.65. The standard InChI is InChI=1S/C93H75N3O2/c1-90(2,3)60-42-44-61(45-43-60)93(62-46-50-67(51-47-62)94-78-52-48-63(91(4,5)6)54-72(78)73-55-64(92(7,8)9)49-53-79(73)94)74-57-81(96(66-32-14-11-15-33-66)77-39-25-29-59-27-17-19-35-69(59)77)88-85(71-37-21-23-41-83(71)97-88)86(74)87-75(93)56-80(84-70-36-20-22-40-82(70)98-89(84)87)95(65-30-12-10-13-31-65)76-38-24-28-58-26-16-18-34-68(58)76/h10-57H,1-9H3. The lowest BCUT2D eigenvalue weighted by atomic mass is 9.67. The van der Waals surface area contributed by atoms with Crippen molar-refractivity contribution in [3.8, 4) is 16.8 Å². The molecule has 3 aromatic heterocycles. The van der Waals surface area contributed by atoms with Crippen molar-refractivity contribution < 1.29 is 8.83 Å². The molecule has 1 aliphatic carbocycles. The number of hydrogen-bond donors (Lipinski definition) is 0. The summed E-state index contributed by atoms with van der Waals surface area (Å²) in [6, 6.07) is 109. The highest BCUT2D eigenvalue weighted by molar-refractivity contribution is 6.26. The molecule has 0 saturated heterocycles. The van der Waals surface area contributed by atoms with Crippen molar-refractivity contribution in [1.29, 1.82) is 0 Å². The van der Waals surface area contributed by atoms with Crippen LogP contribution in [0, 0.1) is 0 Å². The van der Waals surface area contributed by atoms with E-state index in [0.717, 1.165) is 139 Å². The average Bonchev–Trinajstić information content (AvgIpc) is 1.49. The molecule has 3 heterocycles. The van der Waals surface area contributed by atoms with E-state index in [-0.39, 0.29) is 16.2 Å². The van der Waals surface area contributed by atoms with Crippen LogP contribution in [0.3, 0.4) is 0 Å². The molecule has 0 saturated carbocycles. The molecular formula is C93H75N3O2. The molecule has 0 N–H and O–H groups in total. The normalized spacial score (nSPS) is 14.2. The molecule has 18 rings (SSSR count). The Morgan fingerprint density at radius 1 is 0.306 bits per heavy atom. The number of anilines is 6. The van der Waals surface area contributed by atoms with Gasteiger partial charge in [-0.15, -0.1) is 0 Å². The van der Waals surface area contributed by atoms with Crippen LogP contribution in [-0.4, -0.2) is 4.57 Å². The van der Waals surface area contributed by atoms with Gasteiger partial charge in [-0.1, -0.05) is 256 Å². The topological polar surface area (TPSA) is 37.7 Å². The zero-order chi connectivity index (χ0) is 66.6. The molecule has 0 aliphatic heterocycles. The highest BCUT2D eigenvalue weighted by atomic mass is 16.3. The van der Waals surface area contributed by atoms with Crippen molar-refractivity contribution >= 4 is 121 Å². The van der Waals surface area contributed by atoms with Gasteiger partial charge in [0, 0.05) is 65.9 Å². The van der Waals surface area contributed by atoms with Crippen molar-refractivity contribution in [3.05, 3.63) is 330 Å². The lowest BCUT2D eigenvalue weighted by Gasteiger charge is -2.36. The number of fused-ring (bicyclic) bond motifs is 16. The van der Waals surface area contributed by atoms with Gasteiger partial charge in [0.2, 0.25) is 0 Å². The summed E-state index contributed by atoms with van der Waals surface area (Å²) in [5.74, 6) is 0. The summed E-state index contributed by atoms with van der Waals surface area (Å²) in [6.45, 7) is 20.8. The number of furan rings is 2. The van der Waals surface area contributed by atoms with Crippen molar-refractivity contribution in [2.24, 2.45) is 0 Å². The van der Waals surface area contributed by atoms with Gasteiger partial charge in [0.1, 0.15) is 16.7 Å². The van der Waals surface area contributed by atoms with Crippen LogP contribution in [0.2, 0.25) is 0 Å². The molecule has 0 fully saturated rings. The molecule has 1 aliphatic rings. The van der Waals surface area contributed by atoms with Gasteiger partial charge in [-0.05, 0) is 163 Å². The van der Waals surface area contributed by atoms with Crippen LogP contribution in [0.1, 0.15) is 101 Å². The monoisotopic (exact) mass is 1270 g/mol. The lowest BCUT2D eigenvalue weighted by Crippen LogP contribution is -2.29. The fourth-order valence-corrected chi connectivity index (χ4v) is 16.2. The number of benzene rings is 14. The first-order valence-corrected chi connectivity index (χ1v) is 34.5. The van der Waals surface area contributed by atoms with E-state index in [4.69, 9.17) is 8.83 Å². The van der Waals surface area contributed by atoms with E-state index in [1.54, 1.807) is 0 Å². The third-order valence-electron chi connectivity index (χ3n) is 21.1. The van der Waals surface area contributed by atoms with Gasteiger partial charge >= 0.3 is 0 Å². The first-order chi connectivity index (χ1) is 47.5. The summed E-state index contributed by atoms with van der Waals surface area (Å²) in [6.07, 6.45) is 0. The van der Waals surface area contributed by atoms with E-state index in [1.807, 2.05) is 0 Å². The van der Waals surface area contributed by atoms with E-state index in [2.05, 4.69) is 368 Å². The highest BCUT2D eigenvalue weighted by Gasteiger charge is 2.51. The van der Waals surface area contributed by atoms with Gasteiger partial charge in [0.05, 0.1) is 44.6 Å². The van der Waals surface area contributed by atoms with E-state index in [1.165, 1.54) is 38.5 Å². The average molecular weight is 1270 g/mol. The second kappa shape index (κ2) is 21.8. The number of rotatable bonds is 9. The quantitative estimate of drug-likeness (QED) is 0.144. The second-order valence-electron chi connectivity index (χ2n) is 30.0. The van der Waals surface area contributed by atoms with Crippen molar-refractivity contribution in [1.82, 2.24) is 4.57 Å². The molecule has 0 spiro atoms. The molecule has 5 heteroatoms. The maximum Gasteiger partial charge on any atom is 0.160 e. The Balaban J connectivity index is 1.03. The zero-order valence-electron chi connectivity index (χ0n) is 56.9. The van der Waals surface area contributed by atoms with E-state index < -0.39 is 5.41 Å². The Hall–Kier alpha value is -11.4. The van der Waals surface area contributed by atoms with Crippen LogP contribution >= 0.6 is 0 Å². The minimum atomic E-state index is -1.05. The minimum Gasteiger partial charge on any atom is -0.455 e. The van der Waals surface area contributed by atoms with Crippen LogP contribution in [0.4, 0.5) is 34.1 Å². The Kier molecular flexibility index (Phi) is 13.2. The zero-order valence-corrected chi connectivity index (χ0v) is 56.9. The molecule has 0 bridgehead atoms. The number of hydrogen-bond acceptors (Lipinski definition) is 4. The van der Waals surface area contributed by atoms with Crippen molar-refractivity contribution in [2.75, 3.05) is 9.80 Å². The summed E-state index contributed by atoms with van der Waals surface area (Å²) >= 11 is 0. The maximum absolute atomic E-state index is 7.77. The molecule has 0 amide bonds. The maximum atomic E-state index is 7.77. The predicted octanol–water partition coefficient (Wildman–Crippen LogP) is 26.1. The van der Waals surface area contributed by atoms with Gasteiger partial charge in [-0.3, -0.25) is 0 Å². The largest absolute Gasteiger partial charge is 0.455 e. The number of para-hydroxylation sites is 4. The Labute approximate surface area is 572 Å². The lowest BCUT2D eigenvalue weighted by molar-refractivity contribution is 0.589. The summed E-state index contributed by atoms with van der Waals surface area (Å²) in [7, 11) is 0. The van der Waals surface area contributed by atoms with Crippen LogP contribution in [0.15, 0.2) is 300 Å². The third kappa shape index (κ3) is 8.98. The van der Waals surface area contributed by atoms with Gasteiger partial charge in [-0.25, -0.2) is 0 Å². The van der Waals surface area contributed by atoms with Gasteiger partial charge in [0.25, 0.3) is 0 Å². The molecule has 98 heavy (non-hydrogen) atoms. The molecule has 5 nitrogen and oxygen atoms in total. The second-order valence-corrected chi connectivity index (χ2v) is 30.0. The van der Waals surface area contributed by atoms with Gasteiger partial charge in [-0.2, -0.15) is 0 Å². The number of nitrogens with zero attached hydrogens (tertiary/aromatic N) is 3. The molecule has 474 valence electrons. The van der Waals surface area contributed by atoms with E-state index in [0.29, 0.717) is 0 Å². The molecule has 17 aromatic rings. The van der Waals surface area contributed by atoms with Crippen LogP contribution in [-0.2, 0) is 21.7 Å². The van der Waals surface area contributed by atoms with E-state index in [9.17, 15) is 0 Å². The van der Waals surface area contributed by atoms with Crippen LogP contribution in [0.5, 0.6) is 0 Å². The van der Waals surface area contributed by atoms with Crippen molar-refractivity contribution in [3.63, 3.8) is 0 Å². The Bertz CT molecular complexity index is 5970. The van der Waals surface area contributed by atoms with E-state index >= 15 is 0 Å². The molecule has 1 unspecified atom stereocenters. The summed E-state index contributed by atoms with van der Waals surface area (Å²) in [5, 5.41) is 11.2. The smallest absolute Gasteiger partial charge is 0.160 e. The molecule has 0 radical (unpaired) electrons. The third-order valence-corrected chi connectivity index (χ3v) is 21.1. The van der Waals surface area contributed by atoms with Crippen molar-refractivity contribution in [2.45, 2.75) is 84.0 Å². The van der Waals surface area contributed by atoms with Gasteiger partial charge in [0.15, 0.2) is 5.58 Å². The Morgan fingerprint density at radius 3 is 1.23 bits per heavy atom. The fourth-order valence-electron chi connectivity index (χ4n) is 16.2. The predicted molar refractivity (Wildman–Crippen MR) is 413 cm³/mol. The number of aromatic nitrogens is 1. The van der Waals surface area contributed by atoms with Crippen LogP contribution in [0.25, 0.3) is 104 Å². The summed E-state index contributed by atoms with van der Waals surface area (Å²) in [5.41, 5.74) is 22.0. The molecule has 14 aromatic carbocycles. The minimum absolute atomic E-state index is 0.0405. The summed E-state index contributed by atoms with van der Waals surface area (Å²) in [4.78, 5) is 4.95. The summed E-state index contributed by atoms with van der Waals surface area (Å²) < 4.78 is 17.8. The molecule has 1 atom stereocenters. The molecular weight excluding hydrogens is 1190 g/mol. The first kappa shape index (κ1) is 59.1. The first-order valence-electron chi connectivity index (χ1n) is 34.5. The van der Waals surface area contributed by atoms with Gasteiger partial charge < -0.3 is 23.2 Å².